The highest BCUT2D eigenvalue weighted by molar-refractivity contribution is 9.10. The van der Waals surface area contributed by atoms with Gasteiger partial charge in [-0.05, 0) is 73.1 Å². The van der Waals surface area contributed by atoms with Crippen LogP contribution in [-0.4, -0.2) is 41.2 Å². The first kappa shape index (κ1) is 28.4. The summed E-state index contributed by atoms with van der Waals surface area (Å²) < 4.78 is 43.2. The number of nitrogens with zero attached hydrogens (tertiary/aromatic N) is 1. The Bertz CT molecular complexity index is 1330. The van der Waals surface area contributed by atoms with Crippen LogP contribution in [0.4, 0.5) is 24.5 Å². The number of hydrogen-bond acceptors (Lipinski definition) is 4. The maximum Gasteiger partial charge on any atom is 0.573 e. The van der Waals surface area contributed by atoms with Crippen molar-refractivity contribution in [2.45, 2.75) is 25.2 Å². The van der Waals surface area contributed by atoms with Crippen molar-refractivity contribution >= 4 is 56.4 Å². The largest absolute Gasteiger partial charge is 0.573 e. The number of thiocarbonyl (C=S) groups is 1. The number of alkyl halides is 3. The number of rotatable bonds is 7. The molecule has 1 fully saturated rings. The molecule has 0 bridgehead atoms. The molecule has 3 aromatic carbocycles. The van der Waals surface area contributed by atoms with Crippen LogP contribution in [0, 0.1) is 5.41 Å². The van der Waals surface area contributed by atoms with Crippen LogP contribution in [0.5, 0.6) is 5.75 Å². The van der Waals surface area contributed by atoms with Gasteiger partial charge in [0.15, 0.2) is 10.9 Å². The number of carbonyl (C=O) groups excluding carboxylic acids is 1. The van der Waals surface area contributed by atoms with Crippen LogP contribution in [0.25, 0.3) is 0 Å². The van der Waals surface area contributed by atoms with Crippen molar-refractivity contribution in [3.8, 4) is 5.75 Å². The Labute approximate surface area is 237 Å². The minimum atomic E-state index is -4.90. The number of likely N-dealkylation sites (tertiary alicyclic amines) is 1. The van der Waals surface area contributed by atoms with E-state index in [-0.39, 0.29) is 10.8 Å². The summed E-state index contributed by atoms with van der Waals surface area (Å²) in [6, 6.07) is 18.9. The van der Waals surface area contributed by atoms with Crippen LogP contribution in [-0.2, 0) is 4.79 Å². The van der Waals surface area contributed by atoms with E-state index in [4.69, 9.17) is 17.6 Å². The first-order valence-electron chi connectivity index (χ1n) is 12.0. The standard InChI is InChI=1S/C27H25BrF3N5O2S/c28-19-10-13-21(22(16-19)38-27(29,30)31)34-26(39)35-23(17-6-2-1-3-7-17)25(37)33-20-11-8-18(9-12-20)24(32)36-14-4-5-15-36/h1-3,6-13,16,23,32H,4-5,14-15H2,(H,33,37)(H2,34,35,39)/t23-/m0/s1. The Balaban J connectivity index is 1.48. The lowest BCUT2D eigenvalue weighted by Gasteiger charge is -2.22. The van der Waals surface area contributed by atoms with E-state index in [9.17, 15) is 18.0 Å². The molecule has 1 saturated heterocycles. The summed E-state index contributed by atoms with van der Waals surface area (Å²) in [5.74, 6) is -0.468. The molecule has 3 aromatic rings. The third-order valence-corrected chi connectivity index (χ3v) is 6.65. The van der Waals surface area contributed by atoms with Gasteiger partial charge in [0.25, 0.3) is 5.91 Å². The molecule has 4 rings (SSSR count). The van der Waals surface area contributed by atoms with Gasteiger partial charge in [0.2, 0.25) is 0 Å². The molecule has 1 atom stereocenters. The first-order valence-corrected chi connectivity index (χ1v) is 13.2. The monoisotopic (exact) mass is 619 g/mol. The van der Waals surface area contributed by atoms with Crippen LogP contribution in [0.15, 0.2) is 77.3 Å². The SMILES string of the molecule is N=C(c1ccc(NC(=O)[C@@H](NC(=S)Nc2ccc(Br)cc2OC(F)(F)F)c2ccccc2)cc1)N1CCCC1. The molecule has 12 heteroatoms. The van der Waals surface area contributed by atoms with Crippen molar-refractivity contribution in [2.24, 2.45) is 0 Å². The molecular weight excluding hydrogens is 595 g/mol. The summed E-state index contributed by atoms with van der Waals surface area (Å²) in [6.45, 7) is 1.72. The minimum absolute atomic E-state index is 0.0312. The van der Waals surface area contributed by atoms with Crippen LogP contribution >= 0.6 is 28.1 Å². The van der Waals surface area contributed by atoms with Gasteiger partial charge in [-0.25, -0.2) is 0 Å². The van der Waals surface area contributed by atoms with E-state index in [0.717, 1.165) is 37.6 Å². The summed E-state index contributed by atoms with van der Waals surface area (Å²) in [7, 11) is 0. The number of amides is 1. The van der Waals surface area contributed by atoms with Crippen molar-refractivity contribution < 1.29 is 22.7 Å². The number of hydrogen-bond donors (Lipinski definition) is 4. The predicted octanol–water partition coefficient (Wildman–Crippen LogP) is 6.44. The average Bonchev–Trinajstić information content (AvgIpc) is 3.44. The molecule has 0 radical (unpaired) electrons. The van der Waals surface area contributed by atoms with Crippen molar-refractivity contribution in [3.63, 3.8) is 0 Å². The smallest absolute Gasteiger partial charge is 0.404 e. The molecule has 1 aliphatic rings. The van der Waals surface area contributed by atoms with Gasteiger partial charge in [-0.15, -0.1) is 13.2 Å². The molecule has 1 aliphatic heterocycles. The van der Waals surface area contributed by atoms with Crippen molar-refractivity contribution in [1.29, 1.82) is 5.41 Å². The van der Waals surface area contributed by atoms with Gasteiger partial charge in [0.05, 0.1) is 5.69 Å². The van der Waals surface area contributed by atoms with Crippen LogP contribution in [0.2, 0.25) is 0 Å². The summed E-state index contributed by atoms with van der Waals surface area (Å²) >= 11 is 8.48. The van der Waals surface area contributed by atoms with E-state index in [2.05, 4.69) is 36.6 Å². The highest BCUT2D eigenvalue weighted by Gasteiger charge is 2.32. The van der Waals surface area contributed by atoms with Crippen LogP contribution < -0.4 is 20.7 Å². The molecule has 4 N–H and O–H groups in total. The molecule has 1 amide bonds. The minimum Gasteiger partial charge on any atom is -0.404 e. The number of ether oxygens (including phenoxy) is 1. The quantitative estimate of drug-likeness (QED) is 0.138. The maximum atomic E-state index is 13.3. The topological polar surface area (TPSA) is 89.5 Å². The van der Waals surface area contributed by atoms with E-state index in [0.29, 0.717) is 21.6 Å². The van der Waals surface area contributed by atoms with Gasteiger partial charge in [0, 0.05) is 28.8 Å². The zero-order valence-electron chi connectivity index (χ0n) is 20.5. The van der Waals surface area contributed by atoms with Crippen LogP contribution in [0.3, 0.4) is 0 Å². The van der Waals surface area contributed by atoms with Gasteiger partial charge < -0.3 is 25.6 Å². The van der Waals surface area contributed by atoms with Gasteiger partial charge in [-0.2, -0.15) is 0 Å². The second kappa shape index (κ2) is 12.5. The Morgan fingerprint density at radius 3 is 2.31 bits per heavy atom. The Morgan fingerprint density at radius 1 is 1.00 bits per heavy atom. The van der Waals surface area contributed by atoms with Gasteiger partial charge in [-0.1, -0.05) is 46.3 Å². The zero-order valence-corrected chi connectivity index (χ0v) is 22.9. The lowest BCUT2D eigenvalue weighted by atomic mass is 10.1. The van der Waals surface area contributed by atoms with Crippen molar-refractivity contribution in [1.82, 2.24) is 10.2 Å². The Morgan fingerprint density at radius 2 is 1.67 bits per heavy atom. The van der Waals surface area contributed by atoms with Crippen LogP contribution in [0.1, 0.15) is 30.0 Å². The third-order valence-electron chi connectivity index (χ3n) is 5.94. The number of carbonyl (C=O) groups is 1. The Hall–Kier alpha value is -3.64. The number of halogens is 4. The lowest BCUT2D eigenvalue weighted by Crippen LogP contribution is -2.39. The fraction of sp³-hybridized carbons (Fsp3) is 0.222. The van der Waals surface area contributed by atoms with Crippen molar-refractivity contribution in [2.75, 3.05) is 23.7 Å². The van der Waals surface area contributed by atoms with Gasteiger partial charge in [0.1, 0.15) is 11.9 Å². The number of anilines is 2. The summed E-state index contributed by atoms with van der Waals surface area (Å²) in [4.78, 5) is 15.4. The second-order valence-corrected chi connectivity index (χ2v) is 10.1. The molecule has 0 aliphatic carbocycles. The fourth-order valence-corrected chi connectivity index (χ4v) is 4.66. The molecule has 7 nitrogen and oxygen atoms in total. The van der Waals surface area contributed by atoms with Crippen molar-refractivity contribution in [3.05, 3.63) is 88.4 Å². The number of nitrogens with one attached hydrogen (secondary N) is 4. The summed E-state index contributed by atoms with van der Waals surface area (Å²) in [6.07, 6.45) is -2.76. The van der Waals surface area contributed by atoms with E-state index in [1.54, 1.807) is 54.6 Å². The average molecular weight is 620 g/mol. The number of benzene rings is 3. The third kappa shape index (κ3) is 7.93. The molecular formula is C27H25BrF3N5O2S. The highest BCUT2D eigenvalue weighted by atomic mass is 79.9. The summed E-state index contributed by atoms with van der Waals surface area (Å²) in [5.41, 5.74) is 1.84. The molecule has 0 spiro atoms. The van der Waals surface area contributed by atoms with Gasteiger partial charge in [-0.3, -0.25) is 10.2 Å². The molecule has 0 unspecified atom stereocenters. The van der Waals surface area contributed by atoms with E-state index in [1.807, 2.05) is 4.90 Å². The molecule has 39 heavy (non-hydrogen) atoms. The van der Waals surface area contributed by atoms with E-state index < -0.39 is 24.1 Å². The molecule has 1 heterocycles. The molecule has 204 valence electrons. The highest BCUT2D eigenvalue weighted by Crippen LogP contribution is 2.33. The first-order chi connectivity index (χ1) is 18.6. The maximum absolute atomic E-state index is 13.3. The number of amidine groups is 1. The fourth-order valence-electron chi connectivity index (χ4n) is 4.09. The second-order valence-electron chi connectivity index (χ2n) is 8.74. The molecule has 0 aromatic heterocycles. The van der Waals surface area contributed by atoms with E-state index in [1.165, 1.54) is 12.1 Å². The van der Waals surface area contributed by atoms with E-state index >= 15 is 0 Å². The summed E-state index contributed by atoms with van der Waals surface area (Å²) in [5, 5.41) is 16.7. The predicted molar refractivity (Wildman–Crippen MR) is 152 cm³/mol. The normalized spacial score (nSPS) is 13.9. The molecule has 0 saturated carbocycles. The zero-order chi connectivity index (χ0) is 28.0. The Kier molecular flexibility index (Phi) is 9.08. The van der Waals surface area contributed by atoms with Gasteiger partial charge >= 0.3 is 6.36 Å². The lowest BCUT2D eigenvalue weighted by molar-refractivity contribution is -0.274.